The zero-order valence-electron chi connectivity index (χ0n) is 8.16. The number of amides is 1. The van der Waals surface area contributed by atoms with E-state index in [0.717, 1.165) is 0 Å². The molecule has 0 aromatic rings. The second-order valence-electron chi connectivity index (χ2n) is 2.72. The third-order valence-corrected chi connectivity index (χ3v) is 1.06. The molecule has 0 aliphatic carbocycles. The highest BCUT2D eigenvalue weighted by Crippen LogP contribution is 1.88. The van der Waals surface area contributed by atoms with E-state index < -0.39 is 0 Å². The normalized spacial score (nSPS) is 8.08. The Morgan fingerprint density at radius 3 is 1.50 bits per heavy atom. The van der Waals surface area contributed by atoms with Gasteiger partial charge in [-0.05, 0) is 0 Å². The lowest BCUT2D eigenvalue weighted by atomic mass is 10.6. The SMILES string of the molecule is CC(=O)N=C(N(C)C)N(C)C.Cl. The van der Waals surface area contributed by atoms with Gasteiger partial charge >= 0.3 is 0 Å². The summed E-state index contributed by atoms with van der Waals surface area (Å²) in [5, 5.41) is 0. The van der Waals surface area contributed by atoms with Crippen molar-refractivity contribution < 1.29 is 4.79 Å². The molecule has 0 aliphatic heterocycles. The van der Waals surface area contributed by atoms with Gasteiger partial charge in [0.1, 0.15) is 0 Å². The van der Waals surface area contributed by atoms with Crippen molar-refractivity contribution in [3.8, 4) is 0 Å². The van der Waals surface area contributed by atoms with Gasteiger partial charge in [-0.2, -0.15) is 4.99 Å². The number of aliphatic imine (C=N–C) groups is 1. The van der Waals surface area contributed by atoms with Crippen LogP contribution in [0.4, 0.5) is 0 Å². The lowest BCUT2D eigenvalue weighted by Crippen LogP contribution is -2.35. The van der Waals surface area contributed by atoms with Crippen LogP contribution in [0.1, 0.15) is 6.92 Å². The van der Waals surface area contributed by atoms with Gasteiger partial charge in [-0.3, -0.25) is 4.79 Å². The Bertz CT molecular complexity index is 167. The van der Waals surface area contributed by atoms with Gasteiger partial charge in [0.15, 0.2) is 0 Å². The van der Waals surface area contributed by atoms with Crippen molar-refractivity contribution in [2.45, 2.75) is 6.92 Å². The van der Waals surface area contributed by atoms with Crippen LogP contribution in [0.3, 0.4) is 0 Å². The number of carbonyl (C=O) groups excluding carboxylic acids is 1. The van der Waals surface area contributed by atoms with Crippen LogP contribution < -0.4 is 0 Å². The summed E-state index contributed by atoms with van der Waals surface area (Å²) < 4.78 is 0. The van der Waals surface area contributed by atoms with E-state index in [1.807, 2.05) is 28.2 Å². The van der Waals surface area contributed by atoms with Gasteiger partial charge in [-0.25, -0.2) is 0 Å². The molecule has 4 nitrogen and oxygen atoms in total. The zero-order chi connectivity index (χ0) is 9.02. The van der Waals surface area contributed by atoms with E-state index in [2.05, 4.69) is 4.99 Å². The molecule has 0 heterocycles. The van der Waals surface area contributed by atoms with Crippen molar-refractivity contribution in [1.82, 2.24) is 9.80 Å². The number of guanidine groups is 1. The maximum absolute atomic E-state index is 10.6. The Balaban J connectivity index is 0. The van der Waals surface area contributed by atoms with Gasteiger partial charge < -0.3 is 9.80 Å². The van der Waals surface area contributed by atoms with Crippen molar-refractivity contribution in [2.75, 3.05) is 28.2 Å². The average molecular weight is 194 g/mol. The Labute approximate surface area is 79.7 Å². The monoisotopic (exact) mass is 193 g/mol. The third kappa shape index (κ3) is 4.96. The van der Waals surface area contributed by atoms with Crippen molar-refractivity contribution in [3.63, 3.8) is 0 Å². The van der Waals surface area contributed by atoms with E-state index >= 15 is 0 Å². The molecular formula is C7H16ClN3O. The van der Waals surface area contributed by atoms with Crippen molar-refractivity contribution >= 4 is 24.3 Å². The summed E-state index contributed by atoms with van der Waals surface area (Å²) in [4.78, 5) is 18.0. The average Bonchev–Trinajstić information content (AvgIpc) is 1.81. The van der Waals surface area contributed by atoms with Gasteiger partial charge in [-0.1, -0.05) is 0 Å². The van der Waals surface area contributed by atoms with Gasteiger partial charge in [-0.15, -0.1) is 12.4 Å². The van der Waals surface area contributed by atoms with E-state index in [0.29, 0.717) is 5.96 Å². The first kappa shape index (κ1) is 13.8. The van der Waals surface area contributed by atoms with E-state index in [9.17, 15) is 4.79 Å². The summed E-state index contributed by atoms with van der Waals surface area (Å²) in [6, 6.07) is 0. The smallest absolute Gasteiger partial charge is 0.245 e. The molecule has 0 aromatic heterocycles. The Morgan fingerprint density at radius 1 is 1.08 bits per heavy atom. The highest BCUT2D eigenvalue weighted by molar-refractivity contribution is 5.91. The summed E-state index contributed by atoms with van der Waals surface area (Å²) in [6.07, 6.45) is 0. The maximum atomic E-state index is 10.6. The molecule has 0 aliphatic rings. The number of hydrogen-bond donors (Lipinski definition) is 0. The molecule has 0 unspecified atom stereocenters. The van der Waals surface area contributed by atoms with Crippen LogP contribution in [0.5, 0.6) is 0 Å². The topological polar surface area (TPSA) is 35.9 Å². The summed E-state index contributed by atoms with van der Waals surface area (Å²) in [5.74, 6) is 0.486. The molecule has 72 valence electrons. The molecule has 0 radical (unpaired) electrons. The van der Waals surface area contributed by atoms with Crippen molar-refractivity contribution in [2.24, 2.45) is 4.99 Å². The summed E-state index contributed by atoms with van der Waals surface area (Å²) in [6.45, 7) is 1.44. The molecule has 0 N–H and O–H groups in total. The lowest BCUT2D eigenvalue weighted by Gasteiger charge is -2.21. The van der Waals surface area contributed by atoms with Gasteiger partial charge in [0.05, 0.1) is 0 Å². The molecule has 0 atom stereocenters. The van der Waals surface area contributed by atoms with E-state index in [1.54, 1.807) is 9.80 Å². The fourth-order valence-electron chi connectivity index (χ4n) is 0.741. The molecule has 5 heteroatoms. The number of carbonyl (C=O) groups is 1. The minimum Gasteiger partial charge on any atom is -0.349 e. The zero-order valence-corrected chi connectivity index (χ0v) is 8.97. The standard InChI is InChI=1S/C7H15N3O.ClH/c1-6(11)8-7(9(2)3)10(4)5;/h1-5H3;1H. The lowest BCUT2D eigenvalue weighted by molar-refractivity contribution is -0.115. The summed E-state index contributed by atoms with van der Waals surface area (Å²) in [5.41, 5.74) is 0. The fourth-order valence-corrected chi connectivity index (χ4v) is 0.741. The first-order valence-corrected chi connectivity index (χ1v) is 3.39. The first-order valence-electron chi connectivity index (χ1n) is 3.39. The molecule has 0 rings (SSSR count). The maximum Gasteiger partial charge on any atom is 0.245 e. The van der Waals surface area contributed by atoms with Crippen LogP contribution >= 0.6 is 12.4 Å². The summed E-state index contributed by atoms with van der Waals surface area (Å²) >= 11 is 0. The Morgan fingerprint density at radius 2 is 1.42 bits per heavy atom. The Kier molecular flexibility index (Phi) is 6.70. The highest BCUT2D eigenvalue weighted by atomic mass is 35.5. The largest absolute Gasteiger partial charge is 0.349 e. The second kappa shape index (κ2) is 5.83. The molecule has 1 amide bonds. The predicted octanol–water partition coefficient (Wildman–Crippen LogP) is 0.434. The van der Waals surface area contributed by atoms with Crippen LogP contribution in [-0.2, 0) is 4.79 Å². The van der Waals surface area contributed by atoms with Gasteiger partial charge in [0.2, 0.25) is 11.9 Å². The molecule has 12 heavy (non-hydrogen) atoms. The number of nitrogens with zero attached hydrogens (tertiary/aromatic N) is 3. The molecular weight excluding hydrogens is 178 g/mol. The summed E-state index contributed by atoms with van der Waals surface area (Å²) in [7, 11) is 7.40. The second-order valence-corrected chi connectivity index (χ2v) is 2.72. The third-order valence-electron chi connectivity index (χ3n) is 1.06. The van der Waals surface area contributed by atoms with Gasteiger partial charge in [0, 0.05) is 35.1 Å². The minimum absolute atomic E-state index is 0. The molecule has 0 fully saturated rings. The van der Waals surface area contributed by atoms with E-state index in [4.69, 9.17) is 0 Å². The Hall–Kier alpha value is -0.770. The molecule has 0 saturated carbocycles. The highest BCUT2D eigenvalue weighted by Gasteiger charge is 2.04. The minimum atomic E-state index is -0.178. The molecule has 0 bridgehead atoms. The molecule has 0 saturated heterocycles. The van der Waals surface area contributed by atoms with E-state index in [-0.39, 0.29) is 18.3 Å². The van der Waals surface area contributed by atoms with Crippen molar-refractivity contribution in [1.29, 1.82) is 0 Å². The van der Waals surface area contributed by atoms with Crippen LogP contribution in [0.25, 0.3) is 0 Å². The number of halogens is 1. The molecule has 0 spiro atoms. The first-order chi connectivity index (χ1) is 4.95. The quantitative estimate of drug-likeness (QED) is 0.414. The fraction of sp³-hybridized carbons (Fsp3) is 0.714. The van der Waals surface area contributed by atoms with Crippen LogP contribution in [0.2, 0.25) is 0 Å². The van der Waals surface area contributed by atoms with E-state index in [1.165, 1.54) is 6.92 Å². The van der Waals surface area contributed by atoms with Crippen LogP contribution in [-0.4, -0.2) is 49.9 Å². The number of hydrogen-bond acceptors (Lipinski definition) is 1. The number of rotatable bonds is 0. The predicted molar refractivity (Wildman–Crippen MR) is 52.7 cm³/mol. The molecule has 0 aromatic carbocycles. The van der Waals surface area contributed by atoms with Crippen LogP contribution in [0, 0.1) is 0 Å². The van der Waals surface area contributed by atoms with Crippen LogP contribution in [0.15, 0.2) is 4.99 Å². The van der Waals surface area contributed by atoms with Crippen molar-refractivity contribution in [3.05, 3.63) is 0 Å². The van der Waals surface area contributed by atoms with Gasteiger partial charge in [0.25, 0.3) is 0 Å².